The number of aliphatic hydroxyl groups is 1. The predicted octanol–water partition coefficient (Wildman–Crippen LogP) is 0.629. The maximum absolute atomic E-state index is 8.55. The topological polar surface area (TPSA) is 41.5 Å². The van der Waals surface area contributed by atoms with Crippen LogP contribution in [0.3, 0.4) is 0 Å². The van der Waals surface area contributed by atoms with E-state index in [1.165, 1.54) is 19.3 Å². The van der Waals surface area contributed by atoms with Gasteiger partial charge in [0.05, 0.1) is 19.8 Å². The lowest BCUT2D eigenvalue weighted by Crippen LogP contribution is -2.27. The van der Waals surface area contributed by atoms with Crippen LogP contribution in [-0.2, 0) is 4.74 Å². The van der Waals surface area contributed by atoms with Crippen LogP contribution in [0.25, 0.3) is 0 Å². The molecule has 0 spiro atoms. The SMILES string of the molecule is OCCOCCNC1C2C3CCC(C3)C12. The van der Waals surface area contributed by atoms with Gasteiger partial charge in [0.15, 0.2) is 0 Å². The lowest BCUT2D eigenvalue weighted by molar-refractivity contribution is 0.0932. The Morgan fingerprint density at radius 2 is 1.87 bits per heavy atom. The molecule has 2 bridgehead atoms. The highest BCUT2D eigenvalue weighted by atomic mass is 16.5. The molecular weight excluding hydrogens is 190 g/mol. The van der Waals surface area contributed by atoms with E-state index in [0.717, 1.165) is 42.9 Å². The number of nitrogens with one attached hydrogen (secondary N) is 1. The van der Waals surface area contributed by atoms with Gasteiger partial charge in [0.2, 0.25) is 0 Å². The summed E-state index contributed by atoms with van der Waals surface area (Å²) in [6, 6.07) is 0.814. The highest BCUT2D eigenvalue weighted by Gasteiger charge is 2.64. The fraction of sp³-hybridized carbons (Fsp3) is 1.00. The third-order valence-corrected chi connectivity index (χ3v) is 4.60. The summed E-state index contributed by atoms with van der Waals surface area (Å²) in [4.78, 5) is 0. The normalized spacial score (nSPS) is 45.8. The Balaban J connectivity index is 1.34. The zero-order valence-electron chi connectivity index (χ0n) is 9.19. The summed E-state index contributed by atoms with van der Waals surface area (Å²) in [6.07, 6.45) is 4.50. The highest BCUT2D eigenvalue weighted by Crippen LogP contribution is 2.65. The second-order valence-corrected chi connectivity index (χ2v) is 5.30. The Hall–Kier alpha value is -0.120. The van der Waals surface area contributed by atoms with Crippen molar-refractivity contribution >= 4 is 0 Å². The number of hydrogen-bond donors (Lipinski definition) is 2. The molecule has 0 aromatic rings. The first-order valence-electron chi connectivity index (χ1n) is 6.34. The van der Waals surface area contributed by atoms with E-state index in [1.807, 2.05) is 0 Å². The van der Waals surface area contributed by atoms with Crippen LogP contribution in [0.5, 0.6) is 0 Å². The summed E-state index contributed by atoms with van der Waals surface area (Å²) < 4.78 is 5.24. The number of fused-ring (bicyclic) bond motifs is 5. The number of hydrogen-bond acceptors (Lipinski definition) is 3. The average molecular weight is 211 g/mol. The van der Waals surface area contributed by atoms with E-state index in [2.05, 4.69) is 5.32 Å². The Kier molecular flexibility index (Phi) is 2.71. The standard InChI is InChI=1S/C12H21NO2/c14-4-6-15-5-3-13-12-10-8-1-2-9(7-8)11(10)12/h8-14H,1-7H2. The first kappa shape index (κ1) is 10.1. The van der Waals surface area contributed by atoms with Gasteiger partial charge in [-0.05, 0) is 42.9 Å². The smallest absolute Gasteiger partial charge is 0.0698 e. The first-order chi connectivity index (χ1) is 7.42. The first-order valence-corrected chi connectivity index (χ1v) is 6.34. The van der Waals surface area contributed by atoms with E-state index >= 15 is 0 Å². The minimum atomic E-state index is 0.138. The molecule has 3 fully saturated rings. The van der Waals surface area contributed by atoms with Crippen LogP contribution in [-0.4, -0.2) is 37.5 Å². The van der Waals surface area contributed by atoms with Crippen molar-refractivity contribution in [2.45, 2.75) is 25.3 Å². The molecule has 0 aromatic heterocycles. The number of rotatable bonds is 6. The van der Waals surface area contributed by atoms with Crippen molar-refractivity contribution in [3.8, 4) is 0 Å². The summed E-state index contributed by atoms with van der Waals surface area (Å²) >= 11 is 0. The highest BCUT2D eigenvalue weighted by molar-refractivity contribution is 5.16. The fourth-order valence-electron chi connectivity index (χ4n) is 4.06. The van der Waals surface area contributed by atoms with E-state index in [0.29, 0.717) is 6.61 Å². The van der Waals surface area contributed by atoms with Crippen LogP contribution in [0.15, 0.2) is 0 Å². The van der Waals surface area contributed by atoms with Crippen LogP contribution in [0.2, 0.25) is 0 Å². The van der Waals surface area contributed by atoms with Crippen LogP contribution >= 0.6 is 0 Å². The molecule has 0 radical (unpaired) electrons. The maximum atomic E-state index is 8.55. The summed E-state index contributed by atoms with van der Waals surface area (Å²) in [5.74, 6) is 4.13. The maximum Gasteiger partial charge on any atom is 0.0698 e. The molecule has 4 atom stereocenters. The molecule has 3 heteroatoms. The van der Waals surface area contributed by atoms with Gasteiger partial charge < -0.3 is 15.2 Å². The summed E-state index contributed by atoms with van der Waals surface area (Å²) in [5, 5.41) is 12.2. The molecule has 3 nitrogen and oxygen atoms in total. The van der Waals surface area contributed by atoms with Gasteiger partial charge in [0.25, 0.3) is 0 Å². The molecule has 0 amide bonds. The van der Waals surface area contributed by atoms with Gasteiger partial charge in [-0.15, -0.1) is 0 Å². The molecule has 3 saturated carbocycles. The quantitative estimate of drug-likeness (QED) is 0.633. The Labute approximate surface area is 91.2 Å². The van der Waals surface area contributed by atoms with Crippen LogP contribution < -0.4 is 5.32 Å². The van der Waals surface area contributed by atoms with E-state index in [4.69, 9.17) is 9.84 Å². The molecule has 0 heterocycles. The van der Waals surface area contributed by atoms with Crippen molar-refractivity contribution in [1.29, 1.82) is 0 Å². The van der Waals surface area contributed by atoms with Crippen molar-refractivity contribution in [3.63, 3.8) is 0 Å². The van der Waals surface area contributed by atoms with Gasteiger partial charge in [-0.1, -0.05) is 0 Å². The van der Waals surface area contributed by atoms with Crippen LogP contribution in [0.1, 0.15) is 19.3 Å². The molecule has 3 rings (SSSR count). The van der Waals surface area contributed by atoms with Gasteiger partial charge in [-0.25, -0.2) is 0 Å². The molecule has 86 valence electrons. The summed E-state index contributed by atoms with van der Waals surface area (Å²) in [7, 11) is 0. The van der Waals surface area contributed by atoms with Crippen molar-refractivity contribution in [2.75, 3.05) is 26.4 Å². The van der Waals surface area contributed by atoms with Gasteiger partial charge in [-0.3, -0.25) is 0 Å². The van der Waals surface area contributed by atoms with Gasteiger partial charge in [-0.2, -0.15) is 0 Å². The Bertz CT molecular complexity index is 218. The van der Waals surface area contributed by atoms with E-state index in [9.17, 15) is 0 Å². The average Bonchev–Trinajstić information content (AvgIpc) is 2.67. The third kappa shape index (κ3) is 1.71. The second-order valence-electron chi connectivity index (χ2n) is 5.30. The molecule has 3 aliphatic carbocycles. The molecule has 0 aliphatic heterocycles. The van der Waals surface area contributed by atoms with Crippen molar-refractivity contribution in [3.05, 3.63) is 0 Å². The van der Waals surface area contributed by atoms with E-state index in [-0.39, 0.29) is 6.61 Å². The van der Waals surface area contributed by atoms with E-state index < -0.39 is 0 Å². The van der Waals surface area contributed by atoms with Crippen LogP contribution in [0.4, 0.5) is 0 Å². The van der Waals surface area contributed by atoms with Crippen molar-refractivity contribution in [1.82, 2.24) is 5.32 Å². The van der Waals surface area contributed by atoms with Crippen molar-refractivity contribution < 1.29 is 9.84 Å². The Morgan fingerprint density at radius 3 is 2.53 bits per heavy atom. The van der Waals surface area contributed by atoms with Crippen LogP contribution in [0, 0.1) is 23.7 Å². The van der Waals surface area contributed by atoms with E-state index in [1.54, 1.807) is 0 Å². The van der Waals surface area contributed by atoms with Gasteiger partial charge in [0.1, 0.15) is 0 Å². The largest absolute Gasteiger partial charge is 0.394 e. The molecule has 15 heavy (non-hydrogen) atoms. The van der Waals surface area contributed by atoms with Gasteiger partial charge >= 0.3 is 0 Å². The predicted molar refractivity (Wildman–Crippen MR) is 57.5 cm³/mol. The van der Waals surface area contributed by atoms with Gasteiger partial charge in [0, 0.05) is 12.6 Å². The minimum absolute atomic E-state index is 0.138. The molecular formula is C12H21NO2. The molecule has 3 aliphatic rings. The second kappa shape index (κ2) is 4.04. The molecule has 4 unspecified atom stereocenters. The Morgan fingerprint density at radius 1 is 1.13 bits per heavy atom. The lowest BCUT2D eigenvalue weighted by Gasteiger charge is -2.10. The molecule has 2 N–H and O–H groups in total. The fourth-order valence-corrected chi connectivity index (χ4v) is 4.06. The lowest BCUT2D eigenvalue weighted by atomic mass is 10.0. The zero-order chi connectivity index (χ0) is 10.3. The summed E-state index contributed by atoms with van der Waals surface area (Å²) in [6.45, 7) is 2.31. The number of aliphatic hydroxyl groups excluding tert-OH is 1. The minimum Gasteiger partial charge on any atom is -0.394 e. The molecule has 0 aromatic carbocycles. The molecule has 0 saturated heterocycles. The number of ether oxygens (including phenoxy) is 1. The monoisotopic (exact) mass is 211 g/mol. The van der Waals surface area contributed by atoms with Crippen molar-refractivity contribution in [2.24, 2.45) is 23.7 Å². The summed E-state index contributed by atoms with van der Waals surface area (Å²) in [5.41, 5.74) is 0. The zero-order valence-corrected chi connectivity index (χ0v) is 9.19. The third-order valence-electron chi connectivity index (χ3n) is 4.60.